The normalized spacial score (nSPS) is 16.0. The minimum atomic E-state index is -0.257. The maximum Gasteiger partial charge on any atom is 0.262 e. The van der Waals surface area contributed by atoms with Gasteiger partial charge in [-0.15, -0.1) is 11.3 Å². The molecule has 5 rings (SSSR count). The minimum Gasteiger partial charge on any atom is -0.360 e. The lowest BCUT2D eigenvalue weighted by atomic mass is 9.93. The van der Waals surface area contributed by atoms with Crippen molar-refractivity contribution in [3.05, 3.63) is 80.3 Å². The number of fused-ring (bicyclic) bond motifs is 3. The van der Waals surface area contributed by atoms with Crippen LogP contribution in [0.1, 0.15) is 33.9 Å². The van der Waals surface area contributed by atoms with Crippen LogP contribution >= 0.6 is 11.3 Å². The topological polar surface area (TPSA) is 73.0 Å². The summed E-state index contributed by atoms with van der Waals surface area (Å²) in [6, 6.07) is 8.78. The average Bonchev–Trinajstić information content (AvgIpc) is 3.34. The molecule has 1 unspecified atom stereocenters. The summed E-state index contributed by atoms with van der Waals surface area (Å²) in [7, 11) is 0. The van der Waals surface area contributed by atoms with E-state index in [2.05, 4.69) is 15.5 Å². The van der Waals surface area contributed by atoms with Crippen LogP contribution in [0.2, 0.25) is 0 Å². The molecule has 0 aliphatic heterocycles. The fourth-order valence-electron chi connectivity index (χ4n) is 4.22. The van der Waals surface area contributed by atoms with Crippen LogP contribution < -0.4 is 10.9 Å². The fraction of sp³-hybridized carbons (Fsp3) is 0.348. The van der Waals surface area contributed by atoms with Crippen LogP contribution in [0.3, 0.4) is 0 Å². The third kappa shape index (κ3) is 4.18. The van der Waals surface area contributed by atoms with E-state index in [4.69, 9.17) is 4.52 Å². The summed E-state index contributed by atoms with van der Waals surface area (Å²) < 4.78 is 20.3. The molecule has 3 aromatic heterocycles. The van der Waals surface area contributed by atoms with Gasteiger partial charge in [0.05, 0.1) is 24.0 Å². The molecule has 0 amide bonds. The third-order valence-electron chi connectivity index (χ3n) is 5.81. The number of nitrogens with zero attached hydrogens (tertiary/aromatic N) is 3. The smallest absolute Gasteiger partial charge is 0.262 e. The molecule has 8 heteroatoms. The van der Waals surface area contributed by atoms with Crippen molar-refractivity contribution in [2.24, 2.45) is 0 Å². The van der Waals surface area contributed by atoms with Crippen LogP contribution in [0.5, 0.6) is 0 Å². The number of nitrogens with one attached hydrogen (secondary N) is 1. The van der Waals surface area contributed by atoms with E-state index in [1.807, 2.05) is 19.1 Å². The van der Waals surface area contributed by atoms with Crippen molar-refractivity contribution in [2.75, 3.05) is 0 Å². The van der Waals surface area contributed by atoms with Crippen molar-refractivity contribution in [3.8, 4) is 0 Å². The zero-order valence-electron chi connectivity index (χ0n) is 17.2. The molecule has 1 atom stereocenters. The number of rotatable bonds is 6. The highest BCUT2D eigenvalue weighted by atomic mass is 32.1. The highest BCUT2D eigenvalue weighted by Crippen LogP contribution is 2.33. The Balaban J connectivity index is 1.32. The molecule has 1 aliphatic rings. The Kier molecular flexibility index (Phi) is 5.41. The zero-order chi connectivity index (χ0) is 21.4. The standard InChI is InChI=1S/C23H23FN4O2S/c1-14-9-18(30-27-14)12-25-17-5-6-19-20(11-17)31-22-21(19)23(29)28(13-26-22)8-7-15-3-2-4-16(24)10-15/h2-4,9-10,13,17,25H,5-8,11-12H2,1H3. The monoisotopic (exact) mass is 438 g/mol. The first-order valence-electron chi connectivity index (χ1n) is 10.5. The van der Waals surface area contributed by atoms with Crippen molar-refractivity contribution in [1.29, 1.82) is 0 Å². The number of halogens is 1. The van der Waals surface area contributed by atoms with E-state index in [0.29, 0.717) is 25.6 Å². The largest absolute Gasteiger partial charge is 0.360 e. The first-order chi connectivity index (χ1) is 15.1. The number of aromatic nitrogens is 3. The SMILES string of the molecule is Cc1cc(CNC2CCc3c(sc4ncn(CCc5cccc(F)c5)c(=O)c34)C2)on1. The van der Waals surface area contributed by atoms with Crippen LogP contribution in [-0.2, 0) is 32.4 Å². The Morgan fingerprint density at radius 3 is 3.06 bits per heavy atom. The molecule has 0 spiro atoms. The Morgan fingerprint density at radius 2 is 2.26 bits per heavy atom. The molecule has 1 N–H and O–H groups in total. The molecule has 0 saturated carbocycles. The van der Waals surface area contributed by atoms with Gasteiger partial charge in [0, 0.05) is 23.5 Å². The van der Waals surface area contributed by atoms with Crippen LogP contribution in [0.15, 0.2) is 46.0 Å². The van der Waals surface area contributed by atoms with Gasteiger partial charge in [-0.2, -0.15) is 0 Å². The minimum absolute atomic E-state index is 0.00227. The summed E-state index contributed by atoms with van der Waals surface area (Å²) in [4.78, 5) is 19.8. The molecule has 0 saturated heterocycles. The summed E-state index contributed by atoms with van der Waals surface area (Å²) >= 11 is 1.62. The lowest BCUT2D eigenvalue weighted by Crippen LogP contribution is -2.33. The number of benzene rings is 1. The second kappa shape index (κ2) is 8.36. The summed E-state index contributed by atoms with van der Waals surface area (Å²) in [6.45, 7) is 3.04. The van der Waals surface area contributed by atoms with Gasteiger partial charge in [-0.1, -0.05) is 17.3 Å². The molecule has 4 aromatic rings. The van der Waals surface area contributed by atoms with Crippen molar-refractivity contribution < 1.29 is 8.91 Å². The van der Waals surface area contributed by atoms with Gasteiger partial charge in [0.25, 0.3) is 5.56 Å². The lowest BCUT2D eigenvalue weighted by Gasteiger charge is -2.22. The van der Waals surface area contributed by atoms with Gasteiger partial charge in [-0.05, 0) is 55.9 Å². The van der Waals surface area contributed by atoms with E-state index in [1.165, 1.54) is 17.0 Å². The van der Waals surface area contributed by atoms with Crippen molar-refractivity contribution >= 4 is 21.6 Å². The number of hydrogen-bond acceptors (Lipinski definition) is 6. The molecule has 0 bridgehead atoms. The van der Waals surface area contributed by atoms with Crippen LogP contribution in [0.25, 0.3) is 10.2 Å². The summed E-state index contributed by atoms with van der Waals surface area (Å²) in [6.07, 6.45) is 4.90. The molecule has 160 valence electrons. The molecular weight excluding hydrogens is 415 g/mol. The quantitative estimate of drug-likeness (QED) is 0.496. The van der Waals surface area contributed by atoms with Crippen molar-refractivity contribution in [1.82, 2.24) is 20.0 Å². The zero-order valence-corrected chi connectivity index (χ0v) is 18.0. The van der Waals surface area contributed by atoms with Gasteiger partial charge >= 0.3 is 0 Å². The molecule has 1 aromatic carbocycles. The summed E-state index contributed by atoms with van der Waals surface area (Å²) in [5.41, 5.74) is 2.90. The lowest BCUT2D eigenvalue weighted by molar-refractivity contribution is 0.353. The Morgan fingerprint density at radius 1 is 1.35 bits per heavy atom. The van der Waals surface area contributed by atoms with Crippen LogP contribution in [0.4, 0.5) is 4.39 Å². The van der Waals surface area contributed by atoms with Gasteiger partial charge in [0.1, 0.15) is 10.6 Å². The Labute approximate surface area is 182 Å². The van der Waals surface area contributed by atoms with Gasteiger partial charge in [0.15, 0.2) is 5.76 Å². The molecule has 3 heterocycles. The fourth-order valence-corrected chi connectivity index (χ4v) is 5.48. The van der Waals surface area contributed by atoms with Gasteiger partial charge < -0.3 is 9.84 Å². The van der Waals surface area contributed by atoms with E-state index in [-0.39, 0.29) is 11.4 Å². The van der Waals surface area contributed by atoms with Gasteiger partial charge in [-0.3, -0.25) is 9.36 Å². The molecule has 1 aliphatic carbocycles. The van der Waals surface area contributed by atoms with E-state index in [1.54, 1.807) is 28.3 Å². The predicted octanol–water partition coefficient (Wildman–Crippen LogP) is 3.78. The van der Waals surface area contributed by atoms with E-state index in [9.17, 15) is 9.18 Å². The molecular formula is C23H23FN4O2S. The van der Waals surface area contributed by atoms with Crippen LogP contribution in [0, 0.1) is 12.7 Å². The Hall–Kier alpha value is -2.84. The van der Waals surface area contributed by atoms with Crippen LogP contribution in [-0.4, -0.2) is 20.7 Å². The highest BCUT2D eigenvalue weighted by Gasteiger charge is 2.25. The van der Waals surface area contributed by atoms with Gasteiger partial charge in [0.2, 0.25) is 0 Å². The summed E-state index contributed by atoms with van der Waals surface area (Å²) in [5.74, 6) is 0.578. The van der Waals surface area contributed by atoms with E-state index >= 15 is 0 Å². The first kappa shape index (κ1) is 20.1. The van der Waals surface area contributed by atoms with Crippen molar-refractivity contribution in [2.45, 2.75) is 51.7 Å². The second-order valence-corrected chi connectivity index (χ2v) is 9.15. The maximum absolute atomic E-state index is 13.4. The number of hydrogen-bond donors (Lipinski definition) is 1. The number of thiophene rings is 1. The molecule has 0 fully saturated rings. The Bertz CT molecular complexity index is 1290. The van der Waals surface area contributed by atoms with E-state index < -0.39 is 0 Å². The second-order valence-electron chi connectivity index (χ2n) is 8.06. The maximum atomic E-state index is 13.4. The highest BCUT2D eigenvalue weighted by molar-refractivity contribution is 7.18. The first-order valence-corrected chi connectivity index (χ1v) is 11.3. The third-order valence-corrected chi connectivity index (χ3v) is 6.97. The summed E-state index contributed by atoms with van der Waals surface area (Å²) in [5, 5.41) is 8.22. The molecule has 0 radical (unpaired) electrons. The molecule has 31 heavy (non-hydrogen) atoms. The van der Waals surface area contributed by atoms with Gasteiger partial charge in [-0.25, -0.2) is 9.37 Å². The van der Waals surface area contributed by atoms with Crippen molar-refractivity contribution in [3.63, 3.8) is 0 Å². The number of aryl methyl sites for hydroxylation is 4. The van der Waals surface area contributed by atoms with E-state index in [0.717, 1.165) is 52.1 Å². The molecule has 6 nitrogen and oxygen atoms in total. The predicted molar refractivity (Wildman–Crippen MR) is 118 cm³/mol. The average molecular weight is 439 g/mol.